The van der Waals surface area contributed by atoms with E-state index in [9.17, 15) is 4.79 Å². The van der Waals surface area contributed by atoms with Crippen LogP contribution in [-0.2, 0) is 17.6 Å². The van der Waals surface area contributed by atoms with Crippen LogP contribution in [0.15, 0.2) is 24.3 Å². The fourth-order valence-electron chi connectivity index (χ4n) is 5.89. The molecule has 0 saturated heterocycles. The van der Waals surface area contributed by atoms with Gasteiger partial charge in [0.25, 0.3) is 0 Å². The number of carbonyl (C=O) groups is 1. The normalized spacial score (nSPS) is 18.6. The maximum Gasteiger partial charge on any atom is 0.230 e. The lowest BCUT2D eigenvalue weighted by Crippen LogP contribution is -2.37. The first kappa shape index (κ1) is 27.1. The topological polar surface area (TPSA) is 60.5 Å². The van der Waals surface area contributed by atoms with E-state index in [1.165, 1.54) is 16.7 Å². The first-order valence-corrected chi connectivity index (χ1v) is 13.4. The number of hydrogen-bond donors (Lipinski definition) is 0. The molecule has 1 aliphatic carbocycles. The number of hydrogen-bond acceptors (Lipinski definition) is 6. The van der Waals surface area contributed by atoms with Crippen LogP contribution < -0.4 is 18.9 Å². The number of fused-ring (bicyclic) bond motifs is 2. The number of likely N-dealkylation sites (N-methyl/N-ethyl adjacent to an activating group) is 1. The van der Waals surface area contributed by atoms with Gasteiger partial charge in [0, 0.05) is 25.6 Å². The Balaban J connectivity index is 1.35. The predicted octanol–water partition coefficient (Wildman–Crippen LogP) is 4.65. The van der Waals surface area contributed by atoms with Crippen LogP contribution in [0.25, 0.3) is 0 Å². The fraction of sp³-hybridized carbons (Fsp3) is 0.567. The van der Waals surface area contributed by atoms with Crippen molar-refractivity contribution in [3.05, 3.63) is 46.5 Å². The Morgan fingerprint density at radius 3 is 2.11 bits per heavy atom. The van der Waals surface area contributed by atoms with Crippen LogP contribution in [0.2, 0.25) is 0 Å². The summed E-state index contributed by atoms with van der Waals surface area (Å²) < 4.78 is 22.0. The third-order valence-electron chi connectivity index (χ3n) is 7.91. The number of nitrogens with zero attached hydrogens (tertiary/aromatic N) is 2. The van der Waals surface area contributed by atoms with Crippen LogP contribution in [0.3, 0.4) is 0 Å². The molecule has 1 unspecified atom stereocenters. The van der Waals surface area contributed by atoms with Gasteiger partial charge in [-0.2, -0.15) is 0 Å². The molecule has 2 atom stereocenters. The van der Waals surface area contributed by atoms with Gasteiger partial charge < -0.3 is 28.7 Å². The van der Waals surface area contributed by atoms with Crippen LogP contribution in [0.1, 0.15) is 60.3 Å². The average molecular weight is 511 g/mol. The molecule has 4 rings (SSSR count). The number of benzene rings is 2. The molecule has 2 aromatic carbocycles. The highest BCUT2D eigenvalue weighted by Crippen LogP contribution is 2.42. The van der Waals surface area contributed by atoms with Crippen LogP contribution in [0.5, 0.6) is 23.0 Å². The lowest BCUT2D eigenvalue weighted by Gasteiger charge is -2.34. The molecule has 202 valence electrons. The van der Waals surface area contributed by atoms with Crippen molar-refractivity contribution < 1.29 is 23.7 Å². The molecule has 0 N–H and O–H groups in total. The van der Waals surface area contributed by atoms with E-state index in [2.05, 4.69) is 42.0 Å². The largest absolute Gasteiger partial charge is 0.493 e. The van der Waals surface area contributed by atoms with E-state index >= 15 is 0 Å². The van der Waals surface area contributed by atoms with Crippen LogP contribution in [0.4, 0.5) is 0 Å². The zero-order valence-electron chi connectivity index (χ0n) is 23.3. The molecular formula is C30H42N2O5. The molecule has 0 aromatic heterocycles. The molecule has 0 radical (unpaired) electrons. The van der Waals surface area contributed by atoms with E-state index in [1.54, 1.807) is 28.4 Å². The molecule has 1 amide bonds. The minimum absolute atomic E-state index is 0.126. The number of methoxy groups -OCH3 is 4. The second kappa shape index (κ2) is 12.1. The van der Waals surface area contributed by atoms with Gasteiger partial charge >= 0.3 is 0 Å². The zero-order valence-corrected chi connectivity index (χ0v) is 23.3. The Hall–Kier alpha value is -2.93. The van der Waals surface area contributed by atoms with Gasteiger partial charge in [-0.3, -0.25) is 4.79 Å². The van der Waals surface area contributed by atoms with Gasteiger partial charge in [0.1, 0.15) is 0 Å². The Kier molecular flexibility index (Phi) is 8.85. The molecular weight excluding hydrogens is 468 g/mol. The van der Waals surface area contributed by atoms with E-state index in [1.807, 2.05) is 6.07 Å². The minimum atomic E-state index is -0.126. The molecule has 1 aliphatic heterocycles. The molecule has 2 aliphatic rings. The summed E-state index contributed by atoms with van der Waals surface area (Å²) in [7, 11) is 8.85. The van der Waals surface area contributed by atoms with Crippen LogP contribution in [0, 0.1) is 0 Å². The maximum atomic E-state index is 13.6. The molecule has 0 spiro atoms. The third kappa shape index (κ3) is 5.66. The minimum Gasteiger partial charge on any atom is -0.493 e. The SMILES string of the molecule is CCCC1C(=O)N(CCCN(C)C[C@H]2Cc3cc(OC)c(OC)cc32)CCc2cc(OC)c(OC)cc21. The van der Waals surface area contributed by atoms with Crippen molar-refractivity contribution in [1.82, 2.24) is 9.80 Å². The molecule has 0 saturated carbocycles. The monoisotopic (exact) mass is 510 g/mol. The summed E-state index contributed by atoms with van der Waals surface area (Å²) >= 11 is 0. The first-order chi connectivity index (χ1) is 17.9. The lowest BCUT2D eigenvalue weighted by molar-refractivity contribution is -0.132. The molecule has 7 nitrogen and oxygen atoms in total. The summed E-state index contributed by atoms with van der Waals surface area (Å²) in [4.78, 5) is 18.1. The molecule has 0 fully saturated rings. The Labute approximate surface area is 221 Å². The van der Waals surface area contributed by atoms with Crippen molar-refractivity contribution in [1.29, 1.82) is 0 Å². The Morgan fingerprint density at radius 2 is 1.49 bits per heavy atom. The zero-order chi connectivity index (χ0) is 26.5. The van der Waals surface area contributed by atoms with Crippen molar-refractivity contribution in [3.63, 3.8) is 0 Å². The third-order valence-corrected chi connectivity index (χ3v) is 7.91. The predicted molar refractivity (Wildman–Crippen MR) is 146 cm³/mol. The summed E-state index contributed by atoms with van der Waals surface area (Å²) in [6, 6.07) is 8.31. The number of ether oxygens (including phenoxy) is 4. The van der Waals surface area contributed by atoms with Crippen molar-refractivity contribution >= 4 is 5.91 Å². The van der Waals surface area contributed by atoms with E-state index in [-0.39, 0.29) is 11.8 Å². The lowest BCUT2D eigenvalue weighted by atomic mass is 9.77. The number of rotatable bonds is 12. The number of carbonyl (C=O) groups excluding carboxylic acids is 1. The Morgan fingerprint density at radius 1 is 0.892 bits per heavy atom. The molecule has 37 heavy (non-hydrogen) atoms. The van der Waals surface area contributed by atoms with Crippen molar-refractivity contribution in [3.8, 4) is 23.0 Å². The summed E-state index contributed by atoms with van der Waals surface area (Å²) in [5.74, 6) is 3.64. The summed E-state index contributed by atoms with van der Waals surface area (Å²) in [5.41, 5.74) is 5.00. The van der Waals surface area contributed by atoms with Crippen molar-refractivity contribution in [2.45, 2.75) is 50.9 Å². The van der Waals surface area contributed by atoms with Gasteiger partial charge in [-0.05, 0) is 85.8 Å². The van der Waals surface area contributed by atoms with Gasteiger partial charge in [-0.25, -0.2) is 0 Å². The molecule has 2 aromatic rings. The van der Waals surface area contributed by atoms with Gasteiger partial charge in [-0.15, -0.1) is 0 Å². The summed E-state index contributed by atoms with van der Waals surface area (Å²) in [5, 5.41) is 0. The number of amides is 1. The fourth-order valence-corrected chi connectivity index (χ4v) is 5.89. The first-order valence-electron chi connectivity index (χ1n) is 13.4. The van der Waals surface area contributed by atoms with Crippen LogP contribution >= 0.6 is 0 Å². The smallest absolute Gasteiger partial charge is 0.230 e. The molecule has 7 heteroatoms. The standard InChI is InChI=1S/C30H42N2O5/c1-7-9-23-25-18-29(37-6)26(34-3)15-20(25)10-13-32(30(23)33)12-8-11-31(2)19-22-14-21-16-27(35-4)28(36-5)17-24(21)22/h15-18,22-23H,7-14,19H2,1-6H3/t22-,23?/m1/s1. The highest BCUT2D eigenvalue weighted by Gasteiger charge is 2.32. The van der Waals surface area contributed by atoms with E-state index in [0.717, 1.165) is 81.1 Å². The highest BCUT2D eigenvalue weighted by atomic mass is 16.5. The van der Waals surface area contributed by atoms with Gasteiger partial charge in [0.15, 0.2) is 23.0 Å². The quantitative estimate of drug-likeness (QED) is 0.414. The molecule has 0 bridgehead atoms. The Bertz CT molecular complexity index is 1100. The summed E-state index contributed by atoms with van der Waals surface area (Å²) in [6.07, 6.45) is 4.65. The summed E-state index contributed by atoms with van der Waals surface area (Å²) in [6.45, 7) is 5.61. The maximum absolute atomic E-state index is 13.6. The second-order valence-electron chi connectivity index (χ2n) is 10.2. The van der Waals surface area contributed by atoms with Crippen molar-refractivity contribution in [2.24, 2.45) is 0 Å². The van der Waals surface area contributed by atoms with E-state index in [0.29, 0.717) is 11.7 Å². The average Bonchev–Trinajstić information content (AvgIpc) is 3.02. The van der Waals surface area contributed by atoms with Crippen molar-refractivity contribution in [2.75, 3.05) is 61.7 Å². The van der Waals surface area contributed by atoms with Crippen LogP contribution in [-0.4, -0.2) is 77.4 Å². The molecule has 1 heterocycles. The van der Waals surface area contributed by atoms with E-state index < -0.39 is 0 Å². The van der Waals surface area contributed by atoms with Gasteiger partial charge in [0.05, 0.1) is 34.4 Å². The van der Waals surface area contributed by atoms with Gasteiger partial charge in [0.2, 0.25) is 5.91 Å². The second-order valence-corrected chi connectivity index (χ2v) is 10.2. The highest BCUT2D eigenvalue weighted by molar-refractivity contribution is 5.85. The van der Waals surface area contributed by atoms with Gasteiger partial charge in [-0.1, -0.05) is 13.3 Å². The van der Waals surface area contributed by atoms with E-state index in [4.69, 9.17) is 18.9 Å².